The first-order valence-corrected chi connectivity index (χ1v) is 9.65. The lowest BCUT2D eigenvalue weighted by Gasteiger charge is -2.10. The van der Waals surface area contributed by atoms with Crippen LogP contribution < -0.4 is 10.9 Å². The lowest BCUT2D eigenvalue weighted by atomic mass is 10.3. The number of amides is 1. The summed E-state index contributed by atoms with van der Waals surface area (Å²) >= 11 is 1.26. The van der Waals surface area contributed by atoms with Crippen molar-refractivity contribution in [2.45, 2.75) is 11.4 Å². The predicted molar refractivity (Wildman–Crippen MR) is 92.1 cm³/mol. The molecule has 24 heavy (non-hydrogen) atoms. The third-order valence-corrected chi connectivity index (χ3v) is 5.36. The number of thiophene rings is 1. The highest BCUT2D eigenvalue weighted by atomic mass is 32.2. The molecule has 0 saturated heterocycles. The average molecular weight is 363 g/mol. The molecule has 1 aromatic carbocycles. The Morgan fingerprint density at radius 2 is 2.04 bits per heavy atom. The molecule has 0 saturated carbocycles. The summed E-state index contributed by atoms with van der Waals surface area (Å²) in [6.07, 6.45) is 2.37. The molecule has 0 spiro atoms. The molecule has 0 unspecified atom stereocenters. The van der Waals surface area contributed by atoms with E-state index in [1.54, 1.807) is 23.6 Å². The highest BCUT2D eigenvalue weighted by molar-refractivity contribution is 7.90. The Morgan fingerprint density at radius 3 is 2.79 bits per heavy atom. The monoisotopic (exact) mass is 363 g/mol. The van der Waals surface area contributed by atoms with Crippen LogP contribution in [0, 0.1) is 0 Å². The lowest BCUT2D eigenvalue weighted by Crippen LogP contribution is -2.27. The van der Waals surface area contributed by atoms with E-state index < -0.39 is 15.7 Å². The molecule has 3 aromatic rings. The average Bonchev–Trinajstić information content (AvgIpc) is 2.99. The van der Waals surface area contributed by atoms with E-state index in [-0.39, 0.29) is 22.7 Å². The standard InChI is InChI=1S/C15H13N3O4S2/c1-24(21,22)12-5-3-2-4-10(12)17-13(19)8-18-9-16-11-6-7-23-14(11)15(18)20/h2-7,9H,8H2,1H3,(H,17,19). The van der Waals surface area contributed by atoms with Crippen molar-refractivity contribution in [1.82, 2.24) is 9.55 Å². The summed E-state index contributed by atoms with van der Waals surface area (Å²) in [4.78, 5) is 28.6. The normalized spacial score (nSPS) is 11.5. The van der Waals surface area contributed by atoms with Crippen molar-refractivity contribution in [3.63, 3.8) is 0 Å². The topological polar surface area (TPSA) is 98.1 Å². The van der Waals surface area contributed by atoms with Crippen molar-refractivity contribution in [1.29, 1.82) is 0 Å². The molecule has 2 heterocycles. The second-order valence-corrected chi connectivity index (χ2v) is 8.03. The molecular weight excluding hydrogens is 350 g/mol. The number of fused-ring (bicyclic) bond motifs is 1. The highest BCUT2D eigenvalue weighted by Crippen LogP contribution is 2.20. The minimum atomic E-state index is -3.48. The summed E-state index contributed by atoms with van der Waals surface area (Å²) < 4.78 is 25.2. The minimum Gasteiger partial charge on any atom is -0.323 e. The van der Waals surface area contributed by atoms with E-state index in [0.29, 0.717) is 10.2 Å². The third-order valence-electron chi connectivity index (χ3n) is 3.31. The molecule has 1 amide bonds. The van der Waals surface area contributed by atoms with Crippen LogP contribution in [0.4, 0.5) is 5.69 Å². The fraction of sp³-hybridized carbons (Fsp3) is 0.133. The number of benzene rings is 1. The van der Waals surface area contributed by atoms with Crippen molar-refractivity contribution in [3.8, 4) is 0 Å². The molecule has 3 rings (SSSR count). The number of rotatable bonds is 4. The summed E-state index contributed by atoms with van der Waals surface area (Å²) in [6.45, 7) is -0.252. The number of aromatic nitrogens is 2. The van der Waals surface area contributed by atoms with Gasteiger partial charge in [0, 0.05) is 6.26 Å². The Hall–Kier alpha value is -2.52. The van der Waals surface area contributed by atoms with Crippen molar-refractivity contribution < 1.29 is 13.2 Å². The SMILES string of the molecule is CS(=O)(=O)c1ccccc1NC(=O)Cn1cnc2ccsc2c1=O. The molecule has 0 aliphatic rings. The zero-order valence-corrected chi connectivity index (χ0v) is 14.2. The second-order valence-electron chi connectivity index (χ2n) is 5.13. The van der Waals surface area contributed by atoms with Crippen LogP contribution in [-0.4, -0.2) is 30.1 Å². The first-order valence-electron chi connectivity index (χ1n) is 6.88. The fourth-order valence-corrected chi connectivity index (χ4v) is 3.87. The number of hydrogen-bond donors (Lipinski definition) is 1. The van der Waals surface area contributed by atoms with Crippen LogP contribution in [0.5, 0.6) is 0 Å². The van der Waals surface area contributed by atoms with Crippen LogP contribution >= 0.6 is 11.3 Å². The fourth-order valence-electron chi connectivity index (χ4n) is 2.23. The Bertz CT molecular complexity index is 1080. The minimum absolute atomic E-state index is 0.0255. The van der Waals surface area contributed by atoms with Gasteiger partial charge in [0.05, 0.1) is 22.4 Å². The molecule has 0 bridgehead atoms. The number of carbonyl (C=O) groups excluding carboxylic acids is 1. The van der Waals surface area contributed by atoms with Crippen LogP contribution in [0.1, 0.15) is 0 Å². The maximum Gasteiger partial charge on any atom is 0.271 e. The maximum atomic E-state index is 12.3. The van der Waals surface area contributed by atoms with E-state index in [0.717, 1.165) is 6.26 Å². The molecule has 0 radical (unpaired) electrons. The number of anilines is 1. The van der Waals surface area contributed by atoms with Crippen LogP contribution in [0.25, 0.3) is 10.2 Å². The number of nitrogens with one attached hydrogen (secondary N) is 1. The van der Waals surface area contributed by atoms with Gasteiger partial charge in [-0.1, -0.05) is 12.1 Å². The van der Waals surface area contributed by atoms with Crippen LogP contribution in [-0.2, 0) is 21.2 Å². The molecule has 2 aromatic heterocycles. The van der Waals surface area contributed by atoms with E-state index in [4.69, 9.17) is 0 Å². The van der Waals surface area contributed by atoms with Crippen LogP contribution in [0.15, 0.2) is 51.7 Å². The van der Waals surface area contributed by atoms with Gasteiger partial charge in [0.15, 0.2) is 9.84 Å². The van der Waals surface area contributed by atoms with Gasteiger partial charge in [0.2, 0.25) is 5.91 Å². The summed E-state index contributed by atoms with van der Waals surface area (Å²) in [5.74, 6) is -0.508. The van der Waals surface area contributed by atoms with Crippen molar-refractivity contribution in [2.75, 3.05) is 11.6 Å². The lowest BCUT2D eigenvalue weighted by molar-refractivity contribution is -0.116. The van der Waals surface area contributed by atoms with Gasteiger partial charge in [0.25, 0.3) is 5.56 Å². The Balaban J connectivity index is 1.86. The van der Waals surface area contributed by atoms with Crippen LogP contribution in [0.3, 0.4) is 0 Å². The highest BCUT2D eigenvalue weighted by Gasteiger charge is 2.15. The number of hydrogen-bond acceptors (Lipinski definition) is 6. The third kappa shape index (κ3) is 3.22. The molecule has 9 heteroatoms. The molecule has 0 aliphatic heterocycles. The molecule has 0 fully saturated rings. The van der Waals surface area contributed by atoms with Crippen molar-refractivity contribution in [3.05, 3.63) is 52.4 Å². The van der Waals surface area contributed by atoms with Gasteiger partial charge in [-0.25, -0.2) is 13.4 Å². The quantitative estimate of drug-likeness (QED) is 0.757. The summed E-state index contributed by atoms with van der Waals surface area (Å²) in [6, 6.07) is 7.84. The summed E-state index contributed by atoms with van der Waals surface area (Å²) in [5.41, 5.74) is 0.467. The smallest absolute Gasteiger partial charge is 0.271 e. The van der Waals surface area contributed by atoms with E-state index in [1.807, 2.05) is 0 Å². The van der Waals surface area contributed by atoms with Gasteiger partial charge in [-0.15, -0.1) is 11.3 Å². The zero-order chi connectivity index (χ0) is 17.3. The number of carbonyl (C=O) groups is 1. The molecule has 1 N–H and O–H groups in total. The van der Waals surface area contributed by atoms with E-state index in [9.17, 15) is 18.0 Å². The van der Waals surface area contributed by atoms with Gasteiger partial charge >= 0.3 is 0 Å². The largest absolute Gasteiger partial charge is 0.323 e. The molecule has 7 nitrogen and oxygen atoms in total. The van der Waals surface area contributed by atoms with Crippen molar-refractivity contribution in [2.24, 2.45) is 0 Å². The number of sulfone groups is 1. The van der Waals surface area contributed by atoms with Crippen LogP contribution in [0.2, 0.25) is 0 Å². The zero-order valence-electron chi connectivity index (χ0n) is 12.6. The molecule has 124 valence electrons. The summed E-state index contributed by atoms with van der Waals surface area (Å²) in [5, 5.41) is 4.29. The second kappa shape index (κ2) is 6.17. The van der Waals surface area contributed by atoms with Gasteiger partial charge in [0.1, 0.15) is 11.2 Å². The predicted octanol–water partition coefficient (Wildman–Crippen LogP) is 1.50. The van der Waals surface area contributed by atoms with Crippen molar-refractivity contribution >= 4 is 43.0 Å². The Labute approximate surface area is 141 Å². The first kappa shape index (κ1) is 16.3. The van der Waals surface area contributed by atoms with Gasteiger partial charge in [-0.05, 0) is 23.6 Å². The summed E-state index contributed by atoms with van der Waals surface area (Å²) in [7, 11) is -3.48. The van der Waals surface area contributed by atoms with E-state index in [1.165, 1.54) is 34.4 Å². The molecule has 0 atom stereocenters. The van der Waals surface area contributed by atoms with E-state index >= 15 is 0 Å². The maximum absolute atomic E-state index is 12.3. The Morgan fingerprint density at radius 1 is 1.29 bits per heavy atom. The molecular formula is C15H13N3O4S2. The van der Waals surface area contributed by atoms with Gasteiger partial charge < -0.3 is 5.32 Å². The first-order chi connectivity index (χ1) is 11.4. The number of nitrogens with zero attached hydrogens (tertiary/aromatic N) is 2. The Kier molecular flexibility index (Phi) is 4.20. The van der Waals surface area contributed by atoms with E-state index in [2.05, 4.69) is 10.3 Å². The van der Waals surface area contributed by atoms with Gasteiger partial charge in [-0.2, -0.15) is 0 Å². The molecule has 0 aliphatic carbocycles. The number of para-hydroxylation sites is 1. The van der Waals surface area contributed by atoms with Gasteiger partial charge in [-0.3, -0.25) is 14.2 Å².